The van der Waals surface area contributed by atoms with Crippen molar-refractivity contribution in [2.75, 3.05) is 11.9 Å². The Kier molecular flexibility index (Phi) is 10.6. The van der Waals surface area contributed by atoms with Crippen LogP contribution in [0.2, 0.25) is 0 Å². The molecule has 0 saturated carbocycles. The van der Waals surface area contributed by atoms with E-state index in [9.17, 15) is 14.4 Å². The molecule has 0 aliphatic rings. The van der Waals surface area contributed by atoms with Crippen molar-refractivity contribution in [2.24, 2.45) is 11.7 Å². The molecule has 2 unspecified atom stereocenters. The van der Waals surface area contributed by atoms with E-state index in [-0.39, 0.29) is 12.5 Å². The Hall–Kier alpha value is -5.34. The van der Waals surface area contributed by atoms with Gasteiger partial charge in [0, 0.05) is 30.0 Å². The lowest BCUT2D eigenvalue weighted by molar-refractivity contribution is -0.123. The third-order valence-corrected chi connectivity index (χ3v) is 7.20. The Bertz CT molecular complexity index is 1770. The zero-order valence-corrected chi connectivity index (χ0v) is 24.9. The van der Waals surface area contributed by atoms with Crippen molar-refractivity contribution in [2.45, 2.75) is 26.9 Å². The fraction of sp³-hybridized carbons (Fsp3) is 0.167. The van der Waals surface area contributed by atoms with Crippen LogP contribution >= 0.6 is 0 Å². The lowest BCUT2D eigenvalue weighted by Gasteiger charge is -2.26. The molecule has 4 aromatic carbocycles. The van der Waals surface area contributed by atoms with Crippen molar-refractivity contribution in [1.82, 2.24) is 4.98 Å². The molecule has 1 amide bonds. The van der Waals surface area contributed by atoms with Crippen molar-refractivity contribution < 1.29 is 24.2 Å². The van der Waals surface area contributed by atoms with Crippen molar-refractivity contribution in [1.29, 1.82) is 0 Å². The second-order valence-electron chi connectivity index (χ2n) is 10.4. The van der Waals surface area contributed by atoms with Crippen LogP contribution in [0.3, 0.4) is 0 Å². The summed E-state index contributed by atoms with van der Waals surface area (Å²) in [4.78, 5) is 41.0. The number of hydrogen-bond donors (Lipinski definition) is 3. The van der Waals surface area contributed by atoms with Gasteiger partial charge in [0.1, 0.15) is 6.10 Å². The molecule has 2 atom stereocenters. The number of carbonyl (C=O) groups is 3. The highest BCUT2D eigenvalue weighted by Gasteiger charge is 2.32. The summed E-state index contributed by atoms with van der Waals surface area (Å²) < 4.78 is 5.94. The average molecular weight is 590 g/mol. The Morgan fingerprint density at radius 2 is 1.55 bits per heavy atom. The van der Waals surface area contributed by atoms with Crippen LogP contribution in [-0.4, -0.2) is 34.5 Å². The van der Waals surface area contributed by atoms with Gasteiger partial charge < -0.3 is 20.9 Å². The number of ether oxygens (including phenoxy) is 1. The van der Waals surface area contributed by atoms with Gasteiger partial charge in [-0.1, -0.05) is 72.3 Å². The van der Waals surface area contributed by atoms with Crippen molar-refractivity contribution >= 4 is 34.3 Å². The molecule has 0 spiro atoms. The number of anilines is 1. The molecule has 0 saturated heterocycles. The third kappa shape index (κ3) is 7.93. The minimum atomic E-state index is -0.863. The quantitative estimate of drug-likeness (QED) is 0.173. The number of aromatic nitrogens is 1. The molecule has 0 aliphatic carbocycles. The number of rotatable bonds is 8. The van der Waals surface area contributed by atoms with Crippen molar-refractivity contribution in [3.63, 3.8) is 0 Å². The van der Waals surface area contributed by atoms with Gasteiger partial charge in [0.25, 0.3) is 0 Å². The zero-order valence-electron chi connectivity index (χ0n) is 24.9. The number of carboxylic acid groups (broad SMARTS) is 1. The van der Waals surface area contributed by atoms with Crippen LogP contribution in [0.4, 0.5) is 5.69 Å². The van der Waals surface area contributed by atoms with E-state index in [0.29, 0.717) is 22.4 Å². The number of nitrogens with two attached hydrogens (primary N) is 1. The number of esters is 1. The normalized spacial score (nSPS) is 11.9. The van der Waals surface area contributed by atoms with E-state index in [1.807, 2.05) is 86.6 Å². The van der Waals surface area contributed by atoms with Gasteiger partial charge >= 0.3 is 11.9 Å². The number of aryl methyl sites for hydroxylation is 3. The molecule has 0 radical (unpaired) electrons. The number of nitrogens with zero attached hydrogens (tertiary/aromatic N) is 1. The zero-order chi connectivity index (χ0) is 31.6. The van der Waals surface area contributed by atoms with E-state index in [4.69, 9.17) is 15.6 Å². The highest BCUT2D eigenvalue weighted by atomic mass is 16.5. The van der Waals surface area contributed by atoms with Crippen LogP contribution in [-0.2, 0) is 9.53 Å². The first kappa shape index (κ1) is 31.6. The summed E-state index contributed by atoms with van der Waals surface area (Å²) in [6, 6.07) is 29.1. The number of nitrogens with one attached hydrogen (secondary N) is 1. The molecular weight excluding hydrogens is 554 g/mol. The molecule has 44 heavy (non-hydrogen) atoms. The van der Waals surface area contributed by atoms with E-state index in [2.05, 4.69) is 10.3 Å². The minimum absolute atomic E-state index is 0.00303. The molecular formula is C36H35N3O5. The van der Waals surface area contributed by atoms with E-state index >= 15 is 0 Å². The summed E-state index contributed by atoms with van der Waals surface area (Å²) in [5.74, 6) is -2.46. The predicted molar refractivity (Wildman–Crippen MR) is 172 cm³/mol. The van der Waals surface area contributed by atoms with Crippen LogP contribution in [0.25, 0.3) is 10.8 Å². The van der Waals surface area contributed by atoms with Gasteiger partial charge in [0.15, 0.2) is 0 Å². The van der Waals surface area contributed by atoms with Gasteiger partial charge in [0.05, 0.1) is 17.0 Å². The largest absolute Gasteiger partial charge is 0.478 e. The van der Waals surface area contributed by atoms with Gasteiger partial charge in [-0.3, -0.25) is 9.78 Å². The molecule has 5 rings (SSSR count). The Balaban J connectivity index is 0.000000375. The number of carboxylic acids is 1. The Morgan fingerprint density at radius 3 is 2.20 bits per heavy atom. The molecule has 8 nitrogen and oxygen atoms in total. The molecule has 1 aromatic heterocycles. The van der Waals surface area contributed by atoms with Crippen LogP contribution in [0.15, 0.2) is 109 Å². The first-order chi connectivity index (χ1) is 21.2. The van der Waals surface area contributed by atoms with Crippen LogP contribution in [0, 0.1) is 26.7 Å². The minimum Gasteiger partial charge on any atom is -0.478 e. The van der Waals surface area contributed by atoms with Gasteiger partial charge in [-0.2, -0.15) is 0 Å². The maximum atomic E-state index is 13.3. The Morgan fingerprint density at radius 1 is 0.818 bits per heavy atom. The topological polar surface area (TPSA) is 132 Å². The summed E-state index contributed by atoms with van der Waals surface area (Å²) in [6.45, 7) is 5.61. The van der Waals surface area contributed by atoms with Crippen LogP contribution in [0.1, 0.15) is 49.1 Å². The maximum absolute atomic E-state index is 13.3. The van der Waals surface area contributed by atoms with E-state index in [1.165, 1.54) is 0 Å². The van der Waals surface area contributed by atoms with Gasteiger partial charge in [-0.05, 0) is 73.2 Å². The third-order valence-electron chi connectivity index (χ3n) is 7.20. The second kappa shape index (κ2) is 14.7. The van der Waals surface area contributed by atoms with Crippen molar-refractivity contribution in [3.05, 3.63) is 143 Å². The SMILES string of the molecule is Cc1ccc(C(=O)OC(c2ccccc2)C(CN)C(=O)Nc2ccc3cnccc3c2)c(C)c1.Cc1ccccc1C(=O)O. The summed E-state index contributed by atoms with van der Waals surface area (Å²) in [6.07, 6.45) is 2.62. The summed E-state index contributed by atoms with van der Waals surface area (Å²) >= 11 is 0. The number of aromatic carboxylic acids is 1. The van der Waals surface area contributed by atoms with Crippen molar-refractivity contribution in [3.8, 4) is 0 Å². The number of pyridine rings is 1. The molecule has 8 heteroatoms. The smallest absolute Gasteiger partial charge is 0.339 e. The number of amides is 1. The van der Waals surface area contributed by atoms with E-state index in [1.54, 1.807) is 43.6 Å². The van der Waals surface area contributed by atoms with Crippen LogP contribution in [0.5, 0.6) is 0 Å². The monoisotopic (exact) mass is 589 g/mol. The predicted octanol–water partition coefficient (Wildman–Crippen LogP) is 6.66. The molecule has 224 valence electrons. The second-order valence-corrected chi connectivity index (χ2v) is 10.4. The Labute approximate surface area is 256 Å². The van der Waals surface area contributed by atoms with Gasteiger partial charge in [-0.15, -0.1) is 0 Å². The van der Waals surface area contributed by atoms with Gasteiger partial charge in [-0.25, -0.2) is 9.59 Å². The summed E-state index contributed by atoms with van der Waals surface area (Å²) in [5.41, 5.74) is 10.9. The molecule has 5 aromatic rings. The number of fused-ring (bicyclic) bond motifs is 1. The highest BCUT2D eigenvalue weighted by Crippen LogP contribution is 2.29. The standard InChI is InChI=1S/C28H27N3O3.C8H8O2/c1-18-8-11-24(19(2)14-18)28(33)34-26(20-6-4-3-5-7-20)25(16-29)27(32)31-23-10-9-22-17-30-13-12-21(22)15-23;1-6-4-2-3-5-7(6)8(9)10/h3-15,17,25-26H,16,29H2,1-2H3,(H,31,32);2-5H,1H3,(H,9,10). The van der Waals surface area contributed by atoms with E-state index < -0.39 is 24.0 Å². The summed E-state index contributed by atoms with van der Waals surface area (Å²) in [5, 5.41) is 13.4. The van der Waals surface area contributed by atoms with E-state index in [0.717, 1.165) is 27.5 Å². The average Bonchev–Trinajstić information content (AvgIpc) is 3.01. The molecule has 1 heterocycles. The fourth-order valence-electron chi connectivity index (χ4n) is 4.82. The number of benzene rings is 4. The first-order valence-corrected chi connectivity index (χ1v) is 14.1. The molecule has 0 aliphatic heterocycles. The number of hydrogen-bond acceptors (Lipinski definition) is 6. The highest BCUT2D eigenvalue weighted by molar-refractivity contribution is 5.97. The molecule has 0 fully saturated rings. The number of carbonyl (C=O) groups excluding carboxylic acids is 2. The van der Waals surface area contributed by atoms with Crippen LogP contribution < -0.4 is 11.1 Å². The molecule has 0 bridgehead atoms. The lowest BCUT2D eigenvalue weighted by Crippen LogP contribution is -2.36. The maximum Gasteiger partial charge on any atom is 0.339 e. The lowest BCUT2D eigenvalue weighted by atomic mass is 9.94. The first-order valence-electron chi connectivity index (χ1n) is 14.1. The fourth-order valence-corrected chi connectivity index (χ4v) is 4.82. The molecule has 4 N–H and O–H groups in total. The summed E-state index contributed by atoms with van der Waals surface area (Å²) in [7, 11) is 0. The van der Waals surface area contributed by atoms with Gasteiger partial charge in [0.2, 0.25) is 5.91 Å².